The first-order valence-electron chi connectivity index (χ1n) is 9.96. The maximum atomic E-state index is 4.63. The van der Waals surface area contributed by atoms with Crippen LogP contribution in [0.1, 0.15) is 25.5 Å². The average molecular weight is 414 g/mol. The van der Waals surface area contributed by atoms with Crippen molar-refractivity contribution < 1.29 is 0 Å². The zero-order chi connectivity index (χ0) is 21.5. The lowest BCUT2D eigenvalue weighted by Gasteiger charge is -2.09. The molecule has 0 aliphatic rings. The Kier molecular flexibility index (Phi) is 4.46. The van der Waals surface area contributed by atoms with E-state index in [1.165, 1.54) is 0 Å². The Morgan fingerprint density at radius 2 is 1.90 bits per heavy atom. The summed E-state index contributed by atoms with van der Waals surface area (Å²) in [5, 5.41) is 20.6. The van der Waals surface area contributed by atoms with E-state index in [1.54, 1.807) is 17.1 Å². The number of anilines is 2. The molecule has 5 aromatic heterocycles. The van der Waals surface area contributed by atoms with Gasteiger partial charge in [-0.05, 0) is 24.1 Å². The molecule has 0 saturated carbocycles. The fourth-order valence-corrected chi connectivity index (χ4v) is 3.73. The highest BCUT2D eigenvalue weighted by atomic mass is 15.3. The topological polar surface area (TPSA) is 104 Å². The summed E-state index contributed by atoms with van der Waals surface area (Å²) < 4.78 is 5.59. The quantitative estimate of drug-likeness (QED) is 0.471. The SMILES string of the molecule is CC(C)c1c(-c2nnc3cc(-c4ccnc(Nc5cnn(C)c5)n4)ccn23)cnn1C. The molecule has 31 heavy (non-hydrogen) atoms. The van der Waals surface area contributed by atoms with Gasteiger partial charge in [0.25, 0.3) is 0 Å². The lowest BCUT2D eigenvalue weighted by atomic mass is 10.1. The molecule has 0 amide bonds. The molecule has 0 aliphatic heterocycles. The molecule has 1 N–H and O–H groups in total. The van der Waals surface area contributed by atoms with Crippen molar-refractivity contribution in [2.45, 2.75) is 19.8 Å². The van der Waals surface area contributed by atoms with Gasteiger partial charge >= 0.3 is 0 Å². The van der Waals surface area contributed by atoms with Crippen LogP contribution in [-0.2, 0) is 14.1 Å². The molecule has 0 aliphatic carbocycles. The molecule has 0 unspecified atom stereocenters. The van der Waals surface area contributed by atoms with Gasteiger partial charge in [0, 0.05) is 38.2 Å². The van der Waals surface area contributed by atoms with E-state index in [0.717, 1.165) is 39.7 Å². The second kappa shape index (κ2) is 7.31. The Morgan fingerprint density at radius 3 is 2.68 bits per heavy atom. The van der Waals surface area contributed by atoms with E-state index >= 15 is 0 Å². The van der Waals surface area contributed by atoms with Crippen molar-refractivity contribution in [1.29, 1.82) is 0 Å². The van der Waals surface area contributed by atoms with E-state index < -0.39 is 0 Å². The van der Waals surface area contributed by atoms with Gasteiger partial charge < -0.3 is 5.32 Å². The molecule has 0 radical (unpaired) electrons. The molecular weight excluding hydrogens is 392 g/mol. The van der Waals surface area contributed by atoms with E-state index in [4.69, 9.17) is 0 Å². The smallest absolute Gasteiger partial charge is 0.227 e. The first-order chi connectivity index (χ1) is 15.0. The van der Waals surface area contributed by atoms with Crippen LogP contribution in [0.4, 0.5) is 11.6 Å². The Bertz CT molecular complexity index is 1370. The highest BCUT2D eigenvalue weighted by Crippen LogP contribution is 2.29. The predicted octanol–water partition coefficient (Wildman–Crippen LogP) is 3.19. The summed E-state index contributed by atoms with van der Waals surface area (Å²) in [5.74, 6) is 1.60. The van der Waals surface area contributed by atoms with E-state index in [1.807, 2.05) is 60.0 Å². The van der Waals surface area contributed by atoms with Crippen LogP contribution < -0.4 is 5.32 Å². The molecule has 0 fully saturated rings. The minimum absolute atomic E-state index is 0.320. The minimum Gasteiger partial charge on any atom is -0.321 e. The van der Waals surface area contributed by atoms with Crippen molar-refractivity contribution in [2.24, 2.45) is 14.1 Å². The van der Waals surface area contributed by atoms with Crippen LogP contribution in [0.5, 0.6) is 0 Å². The highest BCUT2D eigenvalue weighted by molar-refractivity contribution is 5.68. The molecule has 156 valence electrons. The van der Waals surface area contributed by atoms with Crippen molar-refractivity contribution in [1.82, 2.24) is 44.1 Å². The molecule has 5 rings (SSSR count). The summed E-state index contributed by atoms with van der Waals surface area (Å²) in [6, 6.07) is 5.84. The first-order valence-corrected chi connectivity index (χ1v) is 9.96. The lowest BCUT2D eigenvalue weighted by Crippen LogP contribution is -2.02. The zero-order valence-corrected chi connectivity index (χ0v) is 17.7. The van der Waals surface area contributed by atoms with Gasteiger partial charge in [-0.3, -0.25) is 13.8 Å². The number of pyridine rings is 1. The van der Waals surface area contributed by atoms with Gasteiger partial charge in [-0.1, -0.05) is 13.8 Å². The Balaban J connectivity index is 1.50. The number of hydrogen-bond donors (Lipinski definition) is 1. The fraction of sp³-hybridized carbons (Fsp3) is 0.238. The first kappa shape index (κ1) is 18.9. The maximum absolute atomic E-state index is 4.63. The van der Waals surface area contributed by atoms with Crippen molar-refractivity contribution in [3.8, 4) is 22.6 Å². The summed E-state index contributed by atoms with van der Waals surface area (Å²) in [4.78, 5) is 8.93. The maximum Gasteiger partial charge on any atom is 0.227 e. The van der Waals surface area contributed by atoms with Gasteiger partial charge in [0.1, 0.15) is 0 Å². The normalized spacial score (nSPS) is 11.5. The van der Waals surface area contributed by atoms with Crippen LogP contribution in [0.25, 0.3) is 28.3 Å². The van der Waals surface area contributed by atoms with Gasteiger partial charge in [-0.15, -0.1) is 10.2 Å². The Hall–Kier alpha value is -4.08. The number of nitrogens with one attached hydrogen (secondary N) is 1. The molecule has 10 nitrogen and oxygen atoms in total. The van der Waals surface area contributed by atoms with Crippen molar-refractivity contribution in [2.75, 3.05) is 5.32 Å². The molecule has 5 aromatic rings. The second-order valence-electron chi connectivity index (χ2n) is 7.68. The van der Waals surface area contributed by atoms with E-state index in [9.17, 15) is 0 Å². The molecule has 10 heteroatoms. The van der Waals surface area contributed by atoms with E-state index in [2.05, 4.69) is 49.5 Å². The zero-order valence-electron chi connectivity index (χ0n) is 17.7. The van der Waals surface area contributed by atoms with Crippen LogP contribution in [0.2, 0.25) is 0 Å². The average Bonchev–Trinajstić information content (AvgIpc) is 3.45. The summed E-state index contributed by atoms with van der Waals surface area (Å²) in [7, 11) is 3.81. The van der Waals surface area contributed by atoms with Gasteiger partial charge in [-0.2, -0.15) is 10.2 Å². The fourth-order valence-electron chi connectivity index (χ4n) is 3.73. The number of aromatic nitrogens is 9. The second-order valence-corrected chi connectivity index (χ2v) is 7.68. The van der Waals surface area contributed by atoms with Crippen molar-refractivity contribution >= 4 is 17.3 Å². The molecule has 5 heterocycles. The third-order valence-electron chi connectivity index (χ3n) is 5.09. The van der Waals surface area contributed by atoms with E-state index in [0.29, 0.717) is 11.9 Å². The Labute approximate surface area is 178 Å². The van der Waals surface area contributed by atoms with Gasteiger partial charge in [0.05, 0.1) is 35.0 Å². The van der Waals surface area contributed by atoms with Crippen LogP contribution >= 0.6 is 0 Å². The molecule has 0 atom stereocenters. The van der Waals surface area contributed by atoms with Crippen LogP contribution in [0, 0.1) is 0 Å². The summed E-state index contributed by atoms with van der Waals surface area (Å²) in [5.41, 5.74) is 5.40. The summed E-state index contributed by atoms with van der Waals surface area (Å²) >= 11 is 0. The van der Waals surface area contributed by atoms with Gasteiger partial charge in [0.15, 0.2) is 11.5 Å². The molecule has 0 bridgehead atoms. The number of nitrogens with zero attached hydrogens (tertiary/aromatic N) is 9. The monoisotopic (exact) mass is 414 g/mol. The predicted molar refractivity (Wildman–Crippen MR) is 117 cm³/mol. The minimum atomic E-state index is 0.320. The number of aryl methyl sites for hydroxylation is 2. The van der Waals surface area contributed by atoms with Crippen LogP contribution in [0.15, 0.2) is 49.2 Å². The Morgan fingerprint density at radius 1 is 1.03 bits per heavy atom. The van der Waals surface area contributed by atoms with Crippen molar-refractivity contribution in [3.05, 3.63) is 54.9 Å². The van der Waals surface area contributed by atoms with Gasteiger partial charge in [-0.25, -0.2) is 9.97 Å². The van der Waals surface area contributed by atoms with Crippen LogP contribution in [0.3, 0.4) is 0 Å². The molecule has 0 saturated heterocycles. The lowest BCUT2D eigenvalue weighted by molar-refractivity contribution is 0.670. The summed E-state index contributed by atoms with van der Waals surface area (Å²) in [6.45, 7) is 4.29. The standard InChI is InChI=1S/C21H22N10/c1-13(2)19-16(11-24-30(19)4)20-28-27-18-9-14(6-8-31(18)20)17-5-7-22-21(26-17)25-15-10-23-29(3)12-15/h5-13H,1-4H3,(H,22,25,26). The number of fused-ring (bicyclic) bond motifs is 1. The molecular formula is C21H22N10. The van der Waals surface area contributed by atoms with E-state index in [-0.39, 0.29) is 0 Å². The highest BCUT2D eigenvalue weighted by Gasteiger charge is 2.19. The van der Waals surface area contributed by atoms with Crippen LogP contribution in [-0.4, -0.2) is 44.1 Å². The van der Waals surface area contributed by atoms with Crippen molar-refractivity contribution in [3.63, 3.8) is 0 Å². The third kappa shape index (κ3) is 3.41. The molecule has 0 spiro atoms. The van der Waals surface area contributed by atoms with Gasteiger partial charge in [0.2, 0.25) is 5.95 Å². The largest absolute Gasteiger partial charge is 0.321 e. The number of rotatable bonds is 5. The molecule has 0 aromatic carbocycles. The number of hydrogen-bond acceptors (Lipinski definition) is 7. The summed E-state index contributed by atoms with van der Waals surface area (Å²) in [6.07, 6.45) is 9.13. The third-order valence-corrected chi connectivity index (χ3v) is 5.09.